The lowest BCUT2D eigenvalue weighted by molar-refractivity contribution is 0.627. The van der Waals surface area contributed by atoms with Crippen molar-refractivity contribution in [3.8, 4) is 11.3 Å². The number of H-pyrrole nitrogens is 2. The predicted molar refractivity (Wildman–Crippen MR) is 108 cm³/mol. The van der Waals surface area contributed by atoms with Gasteiger partial charge in [-0.15, -0.1) is 0 Å². The first-order chi connectivity index (χ1) is 14.6. The summed E-state index contributed by atoms with van der Waals surface area (Å²) in [6.45, 7) is 0. The number of imidazole rings is 1. The van der Waals surface area contributed by atoms with Gasteiger partial charge >= 0.3 is 5.69 Å². The van der Waals surface area contributed by atoms with E-state index in [0.29, 0.717) is 17.2 Å². The predicted octanol–water partition coefficient (Wildman–Crippen LogP) is 3.06. The third-order valence-electron chi connectivity index (χ3n) is 6.05. The van der Waals surface area contributed by atoms with Crippen molar-refractivity contribution < 1.29 is 4.39 Å². The van der Waals surface area contributed by atoms with Crippen molar-refractivity contribution >= 4 is 5.65 Å². The van der Waals surface area contributed by atoms with E-state index in [-0.39, 0.29) is 17.7 Å². The van der Waals surface area contributed by atoms with Crippen LogP contribution >= 0.6 is 0 Å². The summed E-state index contributed by atoms with van der Waals surface area (Å²) in [5, 5.41) is 4.61. The zero-order valence-corrected chi connectivity index (χ0v) is 15.9. The number of hydrogen-bond donors (Lipinski definition) is 2. The quantitative estimate of drug-likeness (QED) is 0.547. The largest absolute Gasteiger partial charge is 0.325 e. The van der Waals surface area contributed by atoms with Gasteiger partial charge in [-0.2, -0.15) is 5.10 Å². The molecule has 150 valence electrons. The first-order valence-electron chi connectivity index (χ1n) is 10.0. The second kappa shape index (κ2) is 6.22. The summed E-state index contributed by atoms with van der Waals surface area (Å²) < 4.78 is 15.1. The minimum atomic E-state index is -0.553. The lowest BCUT2D eigenvalue weighted by Crippen LogP contribution is -2.23. The highest BCUT2D eigenvalue weighted by molar-refractivity contribution is 5.64. The lowest BCUT2D eigenvalue weighted by Gasteiger charge is -2.07. The zero-order chi connectivity index (χ0) is 20.4. The molecule has 0 radical (unpaired) electrons. The fraction of sp³-hybridized carbons (Fsp3) is 0.273. The molecule has 0 aliphatic heterocycles. The molecule has 2 aliphatic rings. The standard InChI is InChI=1S/C22H18FN5O2/c23-13-5-3-11(4-6-13)14-7-15(14)16-8-18(17-9-24-22(30)26-21(17)29)27-28-10-19(12-1-2-12)25-20(16)28/h3-6,8-10,12,14-15H,1-2,7H2,(H2,24,26,29,30)/t14-,15+/m1/s1. The van der Waals surface area contributed by atoms with Crippen LogP contribution < -0.4 is 11.2 Å². The minimum absolute atomic E-state index is 0.219. The number of rotatable bonds is 4. The van der Waals surface area contributed by atoms with E-state index in [1.165, 1.54) is 18.3 Å². The Kier molecular flexibility index (Phi) is 3.59. The van der Waals surface area contributed by atoms with Crippen molar-refractivity contribution in [2.75, 3.05) is 0 Å². The normalized spacial score (nSPS) is 20.6. The van der Waals surface area contributed by atoms with Crippen LogP contribution in [-0.4, -0.2) is 24.6 Å². The van der Waals surface area contributed by atoms with E-state index in [9.17, 15) is 14.0 Å². The third-order valence-corrected chi connectivity index (χ3v) is 6.05. The highest BCUT2D eigenvalue weighted by Gasteiger charge is 2.42. The molecular formula is C22H18FN5O2. The molecule has 0 unspecified atom stereocenters. The Bertz CT molecular complexity index is 1400. The number of nitrogens with zero attached hydrogens (tertiary/aromatic N) is 3. The molecule has 2 atom stereocenters. The van der Waals surface area contributed by atoms with E-state index in [1.807, 2.05) is 24.4 Å². The summed E-state index contributed by atoms with van der Waals surface area (Å²) in [5.41, 5.74) is 3.69. The van der Waals surface area contributed by atoms with Gasteiger partial charge < -0.3 is 4.98 Å². The molecular weight excluding hydrogens is 385 g/mol. The van der Waals surface area contributed by atoms with Crippen molar-refractivity contribution in [1.82, 2.24) is 24.6 Å². The van der Waals surface area contributed by atoms with E-state index < -0.39 is 11.2 Å². The molecule has 0 bridgehead atoms. The summed E-state index contributed by atoms with van der Waals surface area (Å²) in [7, 11) is 0. The van der Waals surface area contributed by atoms with Gasteiger partial charge in [-0.25, -0.2) is 18.7 Å². The molecule has 3 aromatic heterocycles. The molecule has 3 heterocycles. The maximum absolute atomic E-state index is 13.3. The summed E-state index contributed by atoms with van der Waals surface area (Å²) >= 11 is 0. The maximum Gasteiger partial charge on any atom is 0.325 e. The molecule has 2 N–H and O–H groups in total. The summed E-state index contributed by atoms with van der Waals surface area (Å²) in [5.74, 6) is 0.728. The van der Waals surface area contributed by atoms with E-state index in [4.69, 9.17) is 4.98 Å². The Morgan fingerprint density at radius 1 is 1.10 bits per heavy atom. The van der Waals surface area contributed by atoms with E-state index >= 15 is 0 Å². The van der Waals surface area contributed by atoms with Crippen molar-refractivity contribution in [2.24, 2.45) is 0 Å². The van der Waals surface area contributed by atoms with Crippen LogP contribution in [0.5, 0.6) is 0 Å². The Hall–Kier alpha value is -3.55. The van der Waals surface area contributed by atoms with Crippen LogP contribution in [0.3, 0.4) is 0 Å². The summed E-state index contributed by atoms with van der Waals surface area (Å²) in [6, 6.07) is 8.52. The van der Waals surface area contributed by atoms with Crippen molar-refractivity contribution in [3.63, 3.8) is 0 Å². The molecule has 2 saturated carbocycles. The molecule has 2 aliphatic carbocycles. The molecule has 0 amide bonds. The highest BCUT2D eigenvalue weighted by atomic mass is 19.1. The molecule has 1 aromatic carbocycles. The fourth-order valence-corrected chi connectivity index (χ4v) is 4.22. The first-order valence-corrected chi connectivity index (χ1v) is 10.0. The van der Waals surface area contributed by atoms with Crippen LogP contribution in [-0.2, 0) is 0 Å². The molecule has 0 saturated heterocycles. The number of halogens is 1. The number of fused-ring (bicyclic) bond motifs is 1. The van der Waals surface area contributed by atoms with Gasteiger partial charge in [0.05, 0.1) is 23.1 Å². The second-order valence-corrected chi connectivity index (χ2v) is 8.18. The molecule has 30 heavy (non-hydrogen) atoms. The van der Waals surface area contributed by atoms with Gasteiger partial charge in [-0.3, -0.25) is 9.78 Å². The van der Waals surface area contributed by atoms with Crippen LogP contribution in [0.2, 0.25) is 0 Å². The minimum Gasteiger partial charge on any atom is -0.313 e. The lowest BCUT2D eigenvalue weighted by atomic mass is 10.0. The van der Waals surface area contributed by atoms with Crippen LogP contribution in [0.25, 0.3) is 16.9 Å². The van der Waals surface area contributed by atoms with Crippen molar-refractivity contribution in [1.29, 1.82) is 0 Å². The third kappa shape index (κ3) is 2.87. The molecule has 6 rings (SSSR count). The number of benzene rings is 1. The number of aromatic nitrogens is 5. The molecule has 8 heteroatoms. The average Bonchev–Trinajstić information content (AvgIpc) is 3.65. The number of hydrogen-bond acceptors (Lipinski definition) is 4. The second-order valence-electron chi connectivity index (χ2n) is 8.18. The fourth-order valence-electron chi connectivity index (χ4n) is 4.22. The monoisotopic (exact) mass is 403 g/mol. The summed E-state index contributed by atoms with van der Waals surface area (Å²) in [4.78, 5) is 33.4. The number of aromatic amines is 2. The maximum atomic E-state index is 13.3. The molecule has 0 spiro atoms. The van der Waals surface area contributed by atoms with Crippen LogP contribution in [0.15, 0.2) is 52.3 Å². The van der Waals surface area contributed by atoms with E-state index in [1.54, 1.807) is 4.52 Å². The molecule has 4 aromatic rings. The summed E-state index contributed by atoms with van der Waals surface area (Å²) in [6.07, 6.45) is 6.52. The zero-order valence-electron chi connectivity index (χ0n) is 15.9. The Labute approximate surface area is 169 Å². The van der Waals surface area contributed by atoms with Gasteiger partial charge in [0.15, 0.2) is 5.65 Å². The van der Waals surface area contributed by atoms with Gasteiger partial charge in [-0.1, -0.05) is 12.1 Å². The van der Waals surface area contributed by atoms with Gasteiger partial charge in [0.1, 0.15) is 5.82 Å². The van der Waals surface area contributed by atoms with Crippen LogP contribution in [0, 0.1) is 5.82 Å². The average molecular weight is 403 g/mol. The van der Waals surface area contributed by atoms with E-state index in [2.05, 4.69) is 15.1 Å². The van der Waals surface area contributed by atoms with Gasteiger partial charge in [-0.05, 0) is 54.9 Å². The van der Waals surface area contributed by atoms with Gasteiger partial charge in [0, 0.05) is 17.7 Å². The van der Waals surface area contributed by atoms with Crippen molar-refractivity contribution in [3.05, 3.63) is 86.2 Å². The smallest absolute Gasteiger partial charge is 0.313 e. The van der Waals surface area contributed by atoms with Gasteiger partial charge in [0.25, 0.3) is 5.56 Å². The molecule has 7 nitrogen and oxygen atoms in total. The molecule has 2 fully saturated rings. The van der Waals surface area contributed by atoms with E-state index in [0.717, 1.165) is 41.7 Å². The Balaban J connectivity index is 1.48. The van der Waals surface area contributed by atoms with Gasteiger partial charge in [0.2, 0.25) is 0 Å². The Morgan fingerprint density at radius 2 is 1.90 bits per heavy atom. The Morgan fingerprint density at radius 3 is 2.63 bits per heavy atom. The first kappa shape index (κ1) is 17.3. The topological polar surface area (TPSA) is 95.9 Å². The highest BCUT2D eigenvalue weighted by Crippen LogP contribution is 2.55. The SMILES string of the molecule is O=c1[nH]cc(-c2cc([C@H]3C[C@@H]3c3ccc(F)cc3)c3nc(C4CC4)cn3n2)c(=O)[nH]1. The number of nitrogens with one attached hydrogen (secondary N) is 2. The van der Waals surface area contributed by atoms with Crippen molar-refractivity contribution in [2.45, 2.75) is 37.0 Å². The van der Waals surface area contributed by atoms with Crippen LogP contribution in [0.4, 0.5) is 4.39 Å². The van der Waals surface area contributed by atoms with Crippen LogP contribution in [0.1, 0.15) is 53.8 Å².